The van der Waals surface area contributed by atoms with Crippen molar-refractivity contribution in [2.45, 2.75) is 26.7 Å². The van der Waals surface area contributed by atoms with Gasteiger partial charge in [-0.1, -0.05) is 26.3 Å². The fourth-order valence-corrected chi connectivity index (χ4v) is 2.29. The van der Waals surface area contributed by atoms with Crippen molar-refractivity contribution in [2.75, 3.05) is 20.3 Å². The maximum atomic E-state index is 12.4. The maximum Gasteiger partial charge on any atom is 0.343 e. The van der Waals surface area contributed by atoms with E-state index in [0.29, 0.717) is 41.9 Å². The molecule has 0 bridgehead atoms. The highest BCUT2D eigenvalue weighted by atomic mass is 16.5. The number of ether oxygens (including phenoxy) is 4. The number of hydrogen-bond acceptors (Lipinski definition) is 5. The van der Waals surface area contributed by atoms with Crippen LogP contribution < -0.4 is 18.9 Å². The lowest BCUT2D eigenvalue weighted by atomic mass is 10.1. The van der Waals surface area contributed by atoms with Gasteiger partial charge in [-0.3, -0.25) is 0 Å². The van der Waals surface area contributed by atoms with Crippen molar-refractivity contribution in [3.05, 3.63) is 60.7 Å². The van der Waals surface area contributed by atoms with Gasteiger partial charge in [0, 0.05) is 0 Å². The summed E-state index contributed by atoms with van der Waals surface area (Å²) in [4.78, 5) is 12.4. The molecule has 0 aliphatic rings. The zero-order valence-electron chi connectivity index (χ0n) is 16.8. The van der Waals surface area contributed by atoms with Crippen LogP contribution >= 0.6 is 0 Å². The van der Waals surface area contributed by atoms with Crippen LogP contribution in [-0.2, 0) is 0 Å². The van der Waals surface area contributed by atoms with Gasteiger partial charge in [-0.15, -0.1) is 6.58 Å². The Bertz CT molecular complexity index is 767. The monoisotopic (exact) mass is 384 g/mol. The Morgan fingerprint density at radius 3 is 2.43 bits per heavy atom. The lowest BCUT2D eigenvalue weighted by molar-refractivity contribution is 0.0734. The van der Waals surface area contributed by atoms with Gasteiger partial charge in [0.1, 0.15) is 11.5 Å². The lowest BCUT2D eigenvalue weighted by Gasteiger charge is -2.12. The summed E-state index contributed by atoms with van der Waals surface area (Å²) in [6.07, 6.45) is 3.57. The van der Waals surface area contributed by atoms with Crippen LogP contribution in [0.4, 0.5) is 0 Å². The van der Waals surface area contributed by atoms with Crippen molar-refractivity contribution in [3.63, 3.8) is 0 Å². The molecule has 1 atom stereocenters. The van der Waals surface area contributed by atoms with E-state index in [-0.39, 0.29) is 0 Å². The Balaban J connectivity index is 1.99. The quantitative estimate of drug-likeness (QED) is 0.228. The number of rotatable bonds is 11. The summed E-state index contributed by atoms with van der Waals surface area (Å²) in [6.45, 7) is 9.09. The fraction of sp³-hybridized carbons (Fsp3) is 0.348. The number of esters is 1. The summed E-state index contributed by atoms with van der Waals surface area (Å²) in [5.41, 5.74) is 0.380. The van der Waals surface area contributed by atoms with E-state index >= 15 is 0 Å². The summed E-state index contributed by atoms with van der Waals surface area (Å²) in [6, 6.07) is 12.0. The summed E-state index contributed by atoms with van der Waals surface area (Å²) < 4.78 is 22.1. The normalized spacial score (nSPS) is 11.4. The summed E-state index contributed by atoms with van der Waals surface area (Å²) in [5.74, 6) is 2.28. The van der Waals surface area contributed by atoms with E-state index in [2.05, 4.69) is 20.4 Å². The van der Waals surface area contributed by atoms with E-state index < -0.39 is 5.97 Å². The van der Waals surface area contributed by atoms with Gasteiger partial charge in [-0.25, -0.2) is 4.79 Å². The molecule has 0 aliphatic heterocycles. The summed E-state index contributed by atoms with van der Waals surface area (Å²) in [7, 11) is 1.53. The molecular formula is C23H28O5. The van der Waals surface area contributed by atoms with Gasteiger partial charge in [0.05, 0.1) is 25.9 Å². The Hall–Kier alpha value is -2.95. The van der Waals surface area contributed by atoms with Gasteiger partial charge >= 0.3 is 5.97 Å². The standard InChI is InChI=1S/C23H28O5/c1-5-7-14-26-21-13-8-18(15-22(21)25-4)23(24)28-20-11-9-19(10-12-20)27-16-17(3)6-2/h5,8-13,15,17H,1,6-7,14,16H2,2-4H3/t17-/m0/s1. The Morgan fingerprint density at radius 2 is 1.79 bits per heavy atom. The highest BCUT2D eigenvalue weighted by Gasteiger charge is 2.13. The van der Waals surface area contributed by atoms with Crippen molar-refractivity contribution in [1.29, 1.82) is 0 Å². The molecule has 0 aromatic heterocycles. The number of carbonyl (C=O) groups is 1. The first kappa shape index (κ1) is 21.4. The van der Waals surface area contributed by atoms with Gasteiger partial charge in [0.15, 0.2) is 11.5 Å². The molecule has 0 spiro atoms. The van der Waals surface area contributed by atoms with Gasteiger partial charge < -0.3 is 18.9 Å². The minimum absolute atomic E-state index is 0.380. The van der Waals surface area contributed by atoms with Gasteiger partial charge in [0.25, 0.3) is 0 Å². The first-order chi connectivity index (χ1) is 13.6. The molecule has 0 saturated carbocycles. The van der Waals surface area contributed by atoms with Crippen LogP contribution in [0.5, 0.6) is 23.0 Å². The average Bonchev–Trinajstić information content (AvgIpc) is 2.73. The zero-order valence-corrected chi connectivity index (χ0v) is 16.8. The van der Waals surface area contributed by atoms with Crippen LogP contribution in [0, 0.1) is 5.92 Å². The SMILES string of the molecule is C=CCCOc1ccc(C(=O)Oc2ccc(OC[C@@H](C)CC)cc2)cc1OC. The Kier molecular flexibility index (Phi) is 8.40. The smallest absolute Gasteiger partial charge is 0.343 e. The van der Waals surface area contributed by atoms with Crippen LogP contribution in [0.25, 0.3) is 0 Å². The number of methoxy groups -OCH3 is 1. The molecule has 0 unspecified atom stereocenters. The molecule has 2 rings (SSSR count). The van der Waals surface area contributed by atoms with Crippen LogP contribution in [0.1, 0.15) is 37.0 Å². The van der Waals surface area contributed by atoms with Gasteiger partial charge in [0.2, 0.25) is 0 Å². The highest BCUT2D eigenvalue weighted by Crippen LogP contribution is 2.29. The minimum Gasteiger partial charge on any atom is -0.493 e. The largest absolute Gasteiger partial charge is 0.493 e. The summed E-state index contributed by atoms with van der Waals surface area (Å²) in [5, 5.41) is 0. The molecule has 150 valence electrons. The Morgan fingerprint density at radius 1 is 1.07 bits per heavy atom. The average molecular weight is 384 g/mol. The number of hydrogen-bond donors (Lipinski definition) is 0. The predicted molar refractivity (Wildman–Crippen MR) is 110 cm³/mol. The molecule has 0 aliphatic carbocycles. The molecule has 0 N–H and O–H groups in total. The zero-order chi connectivity index (χ0) is 20.4. The van der Waals surface area contributed by atoms with Crippen LogP contribution in [0.15, 0.2) is 55.1 Å². The molecule has 2 aromatic rings. The molecule has 0 fully saturated rings. The second-order valence-corrected chi connectivity index (χ2v) is 6.48. The molecule has 5 heteroatoms. The molecule has 0 heterocycles. The van der Waals surface area contributed by atoms with E-state index in [4.69, 9.17) is 18.9 Å². The maximum absolute atomic E-state index is 12.4. The number of carbonyl (C=O) groups excluding carboxylic acids is 1. The van der Waals surface area contributed by atoms with Crippen molar-refractivity contribution in [1.82, 2.24) is 0 Å². The molecule has 2 aromatic carbocycles. The van der Waals surface area contributed by atoms with Crippen molar-refractivity contribution in [3.8, 4) is 23.0 Å². The van der Waals surface area contributed by atoms with Gasteiger partial charge in [-0.2, -0.15) is 0 Å². The highest BCUT2D eigenvalue weighted by molar-refractivity contribution is 5.91. The van der Waals surface area contributed by atoms with Crippen LogP contribution in [0.3, 0.4) is 0 Å². The van der Waals surface area contributed by atoms with E-state index in [9.17, 15) is 4.79 Å². The molecule has 0 amide bonds. The van der Waals surface area contributed by atoms with E-state index in [0.717, 1.165) is 18.6 Å². The van der Waals surface area contributed by atoms with Crippen LogP contribution in [0.2, 0.25) is 0 Å². The predicted octanol–water partition coefficient (Wildman–Crippen LogP) is 5.29. The molecular weight excluding hydrogens is 356 g/mol. The van der Waals surface area contributed by atoms with Gasteiger partial charge in [-0.05, 0) is 54.8 Å². The third-order valence-electron chi connectivity index (χ3n) is 4.24. The Labute approximate surface area is 166 Å². The van der Waals surface area contributed by atoms with E-state index in [1.54, 1.807) is 48.5 Å². The molecule has 0 radical (unpaired) electrons. The topological polar surface area (TPSA) is 54.0 Å². The van der Waals surface area contributed by atoms with E-state index in [1.807, 2.05) is 0 Å². The first-order valence-electron chi connectivity index (χ1n) is 9.44. The molecule has 0 saturated heterocycles. The summed E-state index contributed by atoms with van der Waals surface area (Å²) >= 11 is 0. The lowest BCUT2D eigenvalue weighted by Crippen LogP contribution is -2.09. The molecule has 28 heavy (non-hydrogen) atoms. The third kappa shape index (κ3) is 6.34. The van der Waals surface area contributed by atoms with Crippen molar-refractivity contribution in [2.24, 2.45) is 5.92 Å². The number of benzene rings is 2. The first-order valence-corrected chi connectivity index (χ1v) is 9.44. The van der Waals surface area contributed by atoms with Crippen molar-refractivity contribution < 1.29 is 23.7 Å². The van der Waals surface area contributed by atoms with Crippen molar-refractivity contribution >= 4 is 5.97 Å². The van der Waals surface area contributed by atoms with E-state index in [1.165, 1.54) is 7.11 Å². The second-order valence-electron chi connectivity index (χ2n) is 6.48. The second kappa shape index (κ2) is 11.0. The molecule has 5 nitrogen and oxygen atoms in total. The van der Waals surface area contributed by atoms with Crippen LogP contribution in [-0.4, -0.2) is 26.3 Å². The third-order valence-corrected chi connectivity index (χ3v) is 4.24. The fourth-order valence-electron chi connectivity index (χ4n) is 2.29. The minimum atomic E-state index is -0.468.